The van der Waals surface area contributed by atoms with Gasteiger partial charge in [-0.1, -0.05) is 301 Å². The molecule has 12 heteroatoms. The molecule has 0 saturated heterocycles. The number of aliphatic hydroxyl groups is 1. The third kappa shape index (κ3) is 60.0. The fourth-order valence-electron chi connectivity index (χ4n) is 9.70. The molecule has 468 valence electrons. The average Bonchev–Trinajstić information content (AvgIpc) is 3.45. The highest BCUT2D eigenvalue weighted by Crippen LogP contribution is 2.43. The molecule has 0 amide bonds. The van der Waals surface area contributed by atoms with Gasteiger partial charge in [-0.3, -0.25) is 23.4 Å². The Labute approximate surface area is 492 Å². The summed E-state index contributed by atoms with van der Waals surface area (Å²) in [5.74, 6) is -1.45. The van der Waals surface area contributed by atoms with Gasteiger partial charge in [-0.05, 0) is 57.8 Å². The van der Waals surface area contributed by atoms with Gasteiger partial charge in [0.05, 0.1) is 19.8 Å². The number of unbranched alkanes of at least 4 members (excludes halogenated alkanes) is 38. The zero-order valence-electron chi connectivity index (χ0n) is 52.1. The molecular formula is C68H125O11P. The quantitative estimate of drug-likeness (QED) is 0.0197. The Morgan fingerprint density at radius 1 is 0.362 bits per heavy atom. The van der Waals surface area contributed by atoms with Crippen molar-refractivity contribution >= 4 is 25.7 Å². The maximum absolute atomic E-state index is 13.0. The van der Waals surface area contributed by atoms with Gasteiger partial charge in [-0.25, -0.2) is 4.57 Å². The van der Waals surface area contributed by atoms with Gasteiger partial charge in [0.1, 0.15) is 12.7 Å². The van der Waals surface area contributed by atoms with Gasteiger partial charge in [0.25, 0.3) is 0 Å². The van der Waals surface area contributed by atoms with Crippen LogP contribution in [0.5, 0.6) is 0 Å². The van der Waals surface area contributed by atoms with Crippen molar-refractivity contribution in [2.45, 2.75) is 341 Å². The first-order valence-corrected chi connectivity index (χ1v) is 35.0. The number of esters is 3. The van der Waals surface area contributed by atoms with E-state index in [1.165, 1.54) is 167 Å². The first kappa shape index (κ1) is 77.4. The smallest absolute Gasteiger partial charge is 0.462 e. The van der Waals surface area contributed by atoms with E-state index in [0.717, 1.165) is 103 Å². The van der Waals surface area contributed by atoms with E-state index < -0.39 is 57.8 Å². The molecule has 0 fully saturated rings. The fourth-order valence-corrected chi connectivity index (χ4v) is 10.5. The largest absolute Gasteiger partial charge is 0.472 e. The van der Waals surface area contributed by atoms with Crippen LogP contribution in [0.25, 0.3) is 0 Å². The van der Waals surface area contributed by atoms with Crippen LogP contribution in [-0.2, 0) is 42.2 Å². The van der Waals surface area contributed by atoms with Crippen LogP contribution in [0.2, 0.25) is 0 Å². The van der Waals surface area contributed by atoms with E-state index in [0.29, 0.717) is 19.3 Å². The maximum atomic E-state index is 13.0. The summed E-state index contributed by atoms with van der Waals surface area (Å²) in [6.45, 7) is 4.60. The van der Waals surface area contributed by atoms with Crippen LogP contribution < -0.4 is 0 Å². The van der Waals surface area contributed by atoms with Crippen LogP contribution in [0.1, 0.15) is 329 Å². The SMILES string of the molecule is CC/C=C\C/C=C\C/C=C\C/C=C\CCCCCCCCC(=O)OC(COC(=O)CCCCCCCCCCCCCCCCC)COP(=O)(O)OCC(CO)OC(=O)CCCCCCCCCCCCCCCCCCCCC. The Morgan fingerprint density at radius 2 is 0.650 bits per heavy atom. The Morgan fingerprint density at radius 3 is 1.00 bits per heavy atom. The van der Waals surface area contributed by atoms with Crippen molar-refractivity contribution in [1.29, 1.82) is 0 Å². The molecular weight excluding hydrogens is 1020 g/mol. The zero-order chi connectivity index (χ0) is 58.3. The number of hydrogen-bond acceptors (Lipinski definition) is 10. The van der Waals surface area contributed by atoms with Crippen molar-refractivity contribution in [3.05, 3.63) is 48.6 Å². The Bertz CT molecular complexity index is 1530. The van der Waals surface area contributed by atoms with Crippen molar-refractivity contribution < 1.29 is 52.2 Å². The molecule has 3 atom stereocenters. The van der Waals surface area contributed by atoms with E-state index in [2.05, 4.69) is 69.4 Å². The molecule has 0 aliphatic rings. The van der Waals surface area contributed by atoms with Crippen LogP contribution >= 0.6 is 7.82 Å². The van der Waals surface area contributed by atoms with Gasteiger partial charge >= 0.3 is 25.7 Å². The van der Waals surface area contributed by atoms with Crippen molar-refractivity contribution in [1.82, 2.24) is 0 Å². The number of carbonyl (C=O) groups is 3. The molecule has 0 aromatic heterocycles. The van der Waals surface area contributed by atoms with Crippen molar-refractivity contribution in [2.24, 2.45) is 0 Å². The lowest BCUT2D eigenvalue weighted by molar-refractivity contribution is -0.161. The molecule has 0 aliphatic carbocycles. The highest BCUT2D eigenvalue weighted by Gasteiger charge is 2.28. The molecule has 0 aromatic rings. The maximum Gasteiger partial charge on any atom is 0.472 e. The minimum absolute atomic E-state index is 0.155. The van der Waals surface area contributed by atoms with Crippen LogP contribution in [0, 0.1) is 0 Å². The Hall–Kier alpha value is -2.56. The minimum Gasteiger partial charge on any atom is -0.462 e. The van der Waals surface area contributed by atoms with Gasteiger partial charge < -0.3 is 24.2 Å². The highest BCUT2D eigenvalue weighted by molar-refractivity contribution is 7.47. The highest BCUT2D eigenvalue weighted by atomic mass is 31.2. The molecule has 11 nitrogen and oxygen atoms in total. The van der Waals surface area contributed by atoms with Crippen molar-refractivity contribution in [3.8, 4) is 0 Å². The van der Waals surface area contributed by atoms with Crippen molar-refractivity contribution in [2.75, 3.05) is 26.4 Å². The standard InChI is InChI=1S/C68H125O11P/c1-4-7-10-13-16-19-22-25-28-30-32-34-37-40-43-46-49-52-55-58-67(71)78-64(60-69)62-76-80(73,74)77-63-65(61-75-66(70)57-54-51-48-45-42-39-36-27-24-21-18-15-12-9-6-3)79-68(72)59-56-53-50-47-44-41-38-35-33-31-29-26-23-20-17-14-11-8-5-2/h8,11,17,20,26,29,33,35,64-65,69H,4-7,9-10,12-16,18-19,21-25,27-28,30-32,34,36-63H2,1-3H3,(H,73,74)/b11-8-,20-17-,29-26-,35-33-. The summed E-state index contributed by atoms with van der Waals surface area (Å²) in [5, 5.41) is 9.87. The lowest BCUT2D eigenvalue weighted by Crippen LogP contribution is -2.30. The van der Waals surface area contributed by atoms with E-state index in [1.807, 2.05) is 0 Å². The number of allylic oxidation sites excluding steroid dienone is 8. The van der Waals surface area contributed by atoms with E-state index in [-0.39, 0.29) is 25.9 Å². The average molecular weight is 1150 g/mol. The third-order valence-electron chi connectivity index (χ3n) is 14.8. The molecule has 0 saturated carbocycles. The number of phosphoric acid groups is 1. The predicted octanol–water partition coefficient (Wildman–Crippen LogP) is 20.5. The number of phosphoric ester groups is 1. The van der Waals surface area contributed by atoms with E-state index in [1.54, 1.807) is 0 Å². The summed E-state index contributed by atoms with van der Waals surface area (Å²) in [4.78, 5) is 48.8. The third-order valence-corrected chi connectivity index (χ3v) is 15.7. The van der Waals surface area contributed by atoms with Crippen molar-refractivity contribution in [3.63, 3.8) is 0 Å². The summed E-state index contributed by atoms with van der Waals surface area (Å²) in [5.41, 5.74) is 0. The molecule has 0 rings (SSSR count). The van der Waals surface area contributed by atoms with Gasteiger partial charge in [0, 0.05) is 19.3 Å². The lowest BCUT2D eigenvalue weighted by atomic mass is 10.0. The van der Waals surface area contributed by atoms with E-state index in [9.17, 15) is 28.9 Å². The number of carbonyl (C=O) groups excluding carboxylic acids is 3. The van der Waals surface area contributed by atoms with Crippen LogP contribution in [-0.4, -0.2) is 66.5 Å². The Balaban J connectivity index is 4.64. The van der Waals surface area contributed by atoms with E-state index in [4.69, 9.17) is 23.3 Å². The molecule has 0 spiro atoms. The number of ether oxygens (including phenoxy) is 3. The van der Waals surface area contributed by atoms with Gasteiger partial charge in [-0.2, -0.15) is 0 Å². The topological polar surface area (TPSA) is 155 Å². The first-order chi connectivity index (χ1) is 39.2. The molecule has 0 aromatic carbocycles. The van der Waals surface area contributed by atoms with Crippen LogP contribution in [0.15, 0.2) is 48.6 Å². The molecule has 2 N–H and O–H groups in total. The summed E-state index contributed by atoms with van der Waals surface area (Å²) < 4.78 is 39.7. The second kappa shape index (κ2) is 62.5. The summed E-state index contributed by atoms with van der Waals surface area (Å²) in [6, 6.07) is 0. The fraction of sp³-hybridized carbons (Fsp3) is 0.838. The lowest BCUT2D eigenvalue weighted by Gasteiger charge is -2.21. The number of hydrogen-bond donors (Lipinski definition) is 2. The molecule has 0 aliphatic heterocycles. The molecule has 0 bridgehead atoms. The monoisotopic (exact) mass is 1150 g/mol. The normalized spacial score (nSPS) is 13.5. The zero-order valence-corrected chi connectivity index (χ0v) is 53.0. The number of rotatable bonds is 63. The predicted molar refractivity (Wildman–Crippen MR) is 335 cm³/mol. The molecule has 0 heterocycles. The van der Waals surface area contributed by atoms with E-state index >= 15 is 0 Å². The first-order valence-electron chi connectivity index (χ1n) is 33.5. The Kier molecular flexibility index (Phi) is 60.5. The molecule has 0 radical (unpaired) electrons. The second-order valence-electron chi connectivity index (χ2n) is 22.6. The van der Waals surface area contributed by atoms with Gasteiger partial charge in [-0.15, -0.1) is 0 Å². The summed E-state index contributed by atoms with van der Waals surface area (Å²) in [7, 11) is -4.75. The minimum atomic E-state index is -4.75. The molecule has 3 unspecified atom stereocenters. The molecule has 80 heavy (non-hydrogen) atoms. The van der Waals surface area contributed by atoms with Gasteiger partial charge in [0.15, 0.2) is 6.10 Å². The van der Waals surface area contributed by atoms with Crippen LogP contribution in [0.4, 0.5) is 0 Å². The second-order valence-corrected chi connectivity index (χ2v) is 24.1. The summed E-state index contributed by atoms with van der Waals surface area (Å²) in [6.07, 6.45) is 69.2. The van der Waals surface area contributed by atoms with Gasteiger partial charge in [0.2, 0.25) is 0 Å². The summed E-state index contributed by atoms with van der Waals surface area (Å²) >= 11 is 0. The number of aliphatic hydroxyl groups excluding tert-OH is 1. The van der Waals surface area contributed by atoms with Crippen LogP contribution in [0.3, 0.4) is 0 Å².